The van der Waals surface area contributed by atoms with Crippen molar-refractivity contribution in [3.63, 3.8) is 0 Å². The molecule has 0 amide bonds. The number of anilines is 1. The zero-order valence-corrected chi connectivity index (χ0v) is 20.0. The normalized spacial score (nSPS) is 15.3. The van der Waals surface area contributed by atoms with Gasteiger partial charge < -0.3 is 4.90 Å². The van der Waals surface area contributed by atoms with Gasteiger partial charge in [-0.2, -0.15) is 0 Å². The summed E-state index contributed by atoms with van der Waals surface area (Å²) in [5, 5.41) is 2.26. The predicted molar refractivity (Wildman–Crippen MR) is 124 cm³/mol. The quantitative estimate of drug-likeness (QED) is 0.464. The molecule has 0 aliphatic carbocycles. The highest BCUT2D eigenvalue weighted by Crippen LogP contribution is 2.31. The van der Waals surface area contributed by atoms with Gasteiger partial charge in [0, 0.05) is 31.0 Å². The Morgan fingerprint density at radius 2 is 1.72 bits per heavy atom. The third-order valence-electron chi connectivity index (χ3n) is 6.09. The second-order valence-electron chi connectivity index (χ2n) is 8.48. The van der Waals surface area contributed by atoms with E-state index in [0.717, 1.165) is 29.4 Å². The van der Waals surface area contributed by atoms with Crippen molar-refractivity contribution in [3.8, 4) is 0 Å². The summed E-state index contributed by atoms with van der Waals surface area (Å²) in [7, 11) is -3.85. The van der Waals surface area contributed by atoms with Gasteiger partial charge in [-0.15, -0.1) is 11.3 Å². The number of nitrogens with zero attached hydrogens (tertiary/aromatic N) is 2. The predicted octanol–water partition coefficient (Wildman–Crippen LogP) is 5.38. The Balaban J connectivity index is 1.44. The first kappa shape index (κ1) is 22.9. The molecule has 0 atom stereocenters. The van der Waals surface area contributed by atoms with E-state index in [1.54, 1.807) is 11.3 Å². The van der Waals surface area contributed by atoms with Crippen molar-refractivity contribution in [2.24, 2.45) is 0 Å². The van der Waals surface area contributed by atoms with Crippen LogP contribution in [-0.2, 0) is 16.3 Å². The Hall–Kier alpha value is -2.32. The molecule has 1 aliphatic rings. The molecule has 2 aromatic carbocycles. The topological polar surface area (TPSA) is 50.3 Å². The second kappa shape index (κ2) is 8.90. The number of hydrogen-bond acceptors (Lipinski definition) is 5. The summed E-state index contributed by atoms with van der Waals surface area (Å²) in [5.41, 5.74) is 6.06. The largest absolute Gasteiger partial charge is 0.348 e. The maximum atomic E-state index is 14.1. The zero-order valence-electron chi connectivity index (χ0n) is 18.4. The van der Waals surface area contributed by atoms with Crippen molar-refractivity contribution in [3.05, 3.63) is 75.3 Å². The summed E-state index contributed by atoms with van der Waals surface area (Å²) in [6.07, 6.45) is 1.53. The first-order valence-electron chi connectivity index (χ1n) is 10.6. The molecule has 8 heteroatoms. The van der Waals surface area contributed by atoms with Crippen LogP contribution in [0.15, 0.2) is 40.6 Å². The van der Waals surface area contributed by atoms with Gasteiger partial charge in [0.2, 0.25) is 0 Å². The average Bonchev–Trinajstić information content (AvgIpc) is 3.19. The first-order valence-corrected chi connectivity index (χ1v) is 13.0. The monoisotopic (exact) mass is 476 g/mol. The molecular formula is C24H26F2N2O2S2. The molecule has 4 nitrogen and oxygen atoms in total. The lowest BCUT2D eigenvalue weighted by atomic mass is 9.96. The molecular weight excluding hydrogens is 450 g/mol. The molecule has 0 radical (unpaired) electrons. The molecule has 0 unspecified atom stereocenters. The Morgan fingerprint density at radius 1 is 1.06 bits per heavy atom. The van der Waals surface area contributed by atoms with E-state index in [4.69, 9.17) is 4.98 Å². The number of thiazole rings is 1. The maximum Gasteiger partial charge on any atom is 0.185 e. The van der Waals surface area contributed by atoms with Crippen molar-refractivity contribution in [2.75, 3.05) is 18.0 Å². The Kier molecular flexibility index (Phi) is 6.36. The fraction of sp³-hybridized carbons (Fsp3) is 0.375. The van der Waals surface area contributed by atoms with E-state index in [9.17, 15) is 17.2 Å². The fourth-order valence-corrected chi connectivity index (χ4v) is 7.09. The van der Waals surface area contributed by atoms with Crippen LogP contribution in [0.25, 0.3) is 0 Å². The Bertz CT molecular complexity index is 1220. The van der Waals surface area contributed by atoms with E-state index in [1.807, 2.05) is 0 Å². The molecule has 170 valence electrons. The minimum absolute atomic E-state index is 0.379. The van der Waals surface area contributed by atoms with Crippen molar-refractivity contribution < 1.29 is 17.2 Å². The lowest BCUT2D eigenvalue weighted by Gasteiger charge is -2.31. The summed E-state index contributed by atoms with van der Waals surface area (Å²) in [6, 6.07) is 7.00. The van der Waals surface area contributed by atoms with E-state index in [2.05, 4.69) is 43.2 Å². The molecule has 2 heterocycles. The number of aryl methyl sites for hydroxylation is 3. The summed E-state index contributed by atoms with van der Waals surface area (Å²) in [5.74, 6) is -1.81. The SMILES string of the molecule is Cc1cc(C)c(Cc2csc(N3CCC(S(=O)(=O)c4ccc(F)cc4F)CC3)n2)c(C)c1. The van der Waals surface area contributed by atoms with Gasteiger partial charge in [0.25, 0.3) is 0 Å². The van der Waals surface area contributed by atoms with Crippen LogP contribution in [0.4, 0.5) is 13.9 Å². The molecule has 1 aromatic heterocycles. The highest BCUT2D eigenvalue weighted by Gasteiger charge is 2.34. The smallest absolute Gasteiger partial charge is 0.185 e. The van der Waals surface area contributed by atoms with Crippen LogP contribution < -0.4 is 4.90 Å². The number of halogens is 2. The molecule has 3 aromatic rings. The molecule has 0 spiro atoms. The van der Waals surface area contributed by atoms with Gasteiger partial charge in [-0.3, -0.25) is 0 Å². The summed E-state index contributed by atoms with van der Waals surface area (Å²) in [6.45, 7) is 7.40. The minimum Gasteiger partial charge on any atom is -0.348 e. The number of benzene rings is 2. The molecule has 0 bridgehead atoms. The first-order chi connectivity index (χ1) is 15.1. The van der Waals surface area contributed by atoms with E-state index < -0.39 is 31.6 Å². The highest BCUT2D eigenvalue weighted by molar-refractivity contribution is 7.92. The van der Waals surface area contributed by atoms with Crippen LogP contribution in [0.5, 0.6) is 0 Å². The van der Waals surface area contributed by atoms with Crippen LogP contribution in [0.1, 0.15) is 40.8 Å². The molecule has 0 N–H and O–H groups in total. The number of sulfone groups is 1. The van der Waals surface area contributed by atoms with Gasteiger partial charge in [-0.05, 0) is 62.4 Å². The van der Waals surface area contributed by atoms with Crippen LogP contribution in [0, 0.1) is 32.4 Å². The zero-order chi connectivity index (χ0) is 23.0. The van der Waals surface area contributed by atoms with Crippen molar-refractivity contribution in [1.29, 1.82) is 0 Å². The number of aromatic nitrogens is 1. The maximum absolute atomic E-state index is 14.1. The standard InChI is InChI=1S/C24H26F2N2O2S2/c1-15-10-16(2)21(17(3)11-15)13-19-14-31-24(27-19)28-8-6-20(7-9-28)32(29,30)23-5-4-18(25)12-22(23)26/h4-5,10-12,14,20H,6-9,13H2,1-3H3. The van der Waals surface area contributed by atoms with Gasteiger partial charge in [-0.25, -0.2) is 22.2 Å². The number of rotatable bonds is 5. The van der Waals surface area contributed by atoms with Crippen LogP contribution in [0.3, 0.4) is 0 Å². The molecule has 0 saturated carbocycles. The minimum atomic E-state index is -3.85. The van der Waals surface area contributed by atoms with Gasteiger partial charge in [0.15, 0.2) is 15.0 Å². The summed E-state index contributed by atoms with van der Waals surface area (Å²) in [4.78, 5) is 6.47. The van der Waals surface area contributed by atoms with Gasteiger partial charge in [-0.1, -0.05) is 17.7 Å². The average molecular weight is 477 g/mol. The van der Waals surface area contributed by atoms with E-state index in [0.29, 0.717) is 32.0 Å². The third kappa shape index (κ3) is 4.57. The molecule has 1 fully saturated rings. The van der Waals surface area contributed by atoms with E-state index in [-0.39, 0.29) is 0 Å². The van der Waals surface area contributed by atoms with Crippen molar-refractivity contribution in [2.45, 2.75) is 50.2 Å². The molecule has 4 rings (SSSR count). The van der Waals surface area contributed by atoms with E-state index in [1.165, 1.54) is 22.3 Å². The van der Waals surface area contributed by atoms with Gasteiger partial charge >= 0.3 is 0 Å². The van der Waals surface area contributed by atoms with E-state index >= 15 is 0 Å². The van der Waals surface area contributed by atoms with Crippen molar-refractivity contribution in [1.82, 2.24) is 4.98 Å². The lowest BCUT2D eigenvalue weighted by Crippen LogP contribution is -2.39. The number of hydrogen-bond donors (Lipinski definition) is 0. The second-order valence-corrected chi connectivity index (χ2v) is 11.5. The Labute approximate surface area is 191 Å². The number of piperidine rings is 1. The summed E-state index contributed by atoms with van der Waals surface area (Å²) < 4.78 is 53.0. The van der Waals surface area contributed by atoms with Crippen LogP contribution >= 0.6 is 11.3 Å². The molecule has 32 heavy (non-hydrogen) atoms. The van der Waals surface area contributed by atoms with Gasteiger partial charge in [0.05, 0.1) is 10.9 Å². The lowest BCUT2D eigenvalue weighted by molar-refractivity contribution is 0.516. The van der Waals surface area contributed by atoms with Gasteiger partial charge in [0.1, 0.15) is 16.5 Å². The summed E-state index contributed by atoms with van der Waals surface area (Å²) >= 11 is 1.56. The van der Waals surface area contributed by atoms with Crippen molar-refractivity contribution >= 4 is 26.3 Å². The van der Waals surface area contributed by atoms with Crippen LogP contribution in [0.2, 0.25) is 0 Å². The van der Waals surface area contributed by atoms with Crippen LogP contribution in [-0.4, -0.2) is 31.7 Å². The highest BCUT2D eigenvalue weighted by atomic mass is 32.2. The fourth-order valence-electron chi connectivity index (χ4n) is 4.44. The molecule has 1 aliphatic heterocycles. The third-order valence-corrected chi connectivity index (χ3v) is 9.33. The molecule has 1 saturated heterocycles. The Morgan fingerprint density at radius 3 is 2.34 bits per heavy atom.